The van der Waals surface area contributed by atoms with Gasteiger partial charge in [0.1, 0.15) is 5.75 Å². The molecule has 3 rings (SSSR count). The van der Waals surface area contributed by atoms with E-state index >= 15 is 0 Å². The molecule has 6 heteroatoms. The molecule has 0 heterocycles. The van der Waals surface area contributed by atoms with Gasteiger partial charge in [0.15, 0.2) is 0 Å². The smallest absolute Gasteiger partial charge is 0.251 e. The SMILES string of the molecule is COc1ccc(CC(=O)NCc2ccccc2-c2ccccc2C(=O)NCCCOC(C)C)cc1. The third-order valence-corrected chi connectivity index (χ3v) is 5.54. The molecule has 2 amide bonds. The van der Waals surface area contributed by atoms with Crippen molar-refractivity contribution in [3.8, 4) is 16.9 Å². The zero-order valence-corrected chi connectivity index (χ0v) is 20.7. The van der Waals surface area contributed by atoms with Gasteiger partial charge in [-0.1, -0.05) is 54.6 Å². The Kier molecular flexibility index (Phi) is 9.87. The quantitative estimate of drug-likeness (QED) is 0.371. The molecule has 0 aromatic heterocycles. The molecule has 0 aliphatic carbocycles. The molecule has 0 fully saturated rings. The lowest BCUT2D eigenvalue weighted by Gasteiger charge is -2.15. The van der Waals surface area contributed by atoms with Crippen molar-refractivity contribution in [3.05, 3.63) is 89.5 Å². The number of ether oxygens (including phenoxy) is 2. The number of hydrogen-bond donors (Lipinski definition) is 2. The highest BCUT2D eigenvalue weighted by Crippen LogP contribution is 2.27. The summed E-state index contributed by atoms with van der Waals surface area (Å²) in [4.78, 5) is 25.5. The van der Waals surface area contributed by atoms with Gasteiger partial charge in [0.2, 0.25) is 5.91 Å². The average molecular weight is 475 g/mol. The van der Waals surface area contributed by atoms with Gasteiger partial charge >= 0.3 is 0 Å². The Balaban J connectivity index is 1.66. The normalized spacial score (nSPS) is 10.7. The molecule has 6 nitrogen and oxygen atoms in total. The Bertz CT molecular complexity index is 1110. The van der Waals surface area contributed by atoms with Crippen LogP contribution in [-0.2, 0) is 22.5 Å². The van der Waals surface area contributed by atoms with E-state index in [1.54, 1.807) is 7.11 Å². The van der Waals surface area contributed by atoms with Crippen LogP contribution in [0.25, 0.3) is 11.1 Å². The van der Waals surface area contributed by atoms with E-state index < -0.39 is 0 Å². The van der Waals surface area contributed by atoms with Crippen molar-refractivity contribution in [1.29, 1.82) is 0 Å². The maximum atomic E-state index is 12.9. The molecule has 0 saturated heterocycles. The number of methoxy groups -OCH3 is 1. The molecule has 35 heavy (non-hydrogen) atoms. The Morgan fingerprint density at radius 1 is 0.857 bits per heavy atom. The summed E-state index contributed by atoms with van der Waals surface area (Å²) < 4.78 is 10.7. The van der Waals surface area contributed by atoms with Crippen LogP contribution in [0.5, 0.6) is 5.75 Å². The number of amides is 2. The minimum absolute atomic E-state index is 0.0698. The Morgan fingerprint density at radius 2 is 1.54 bits per heavy atom. The minimum atomic E-state index is -0.122. The number of rotatable bonds is 12. The van der Waals surface area contributed by atoms with Gasteiger partial charge in [-0.05, 0) is 60.7 Å². The van der Waals surface area contributed by atoms with Crippen LogP contribution in [-0.4, -0.2) is 38.2 Å². The van der Waals surface area contributed by atoms with Crippen LogP contribution in [0.2, 0.25) is 0 Å². The molecular formula is C29H34N2O4. The van der Waals surface area contributed by atoms with E-state index in [2.05, 4.69) is 10.6 Å². The second-order valence-electron chi connectivity index (χ2n) is 8.53. The summed E-state index contributed by atoms with van der Waals surface area (Å²) in [6.45, 7) is 5.51. The average Bonchev–Trinajstić information content (AvgIpc) is 2.87. The lowest BCUT2D eigenvalue weighted by atomic mass is 9.95. The number of benzene rings is 3. The molecule has 0 radical (unpaired) electrons. The van der Waals surface area contributed by atoms with Gasteiger partial charge in [0.05, 0.1) is 19.6 Å². The first-order valence-corrected chi connectivity index (χ1v) is 11.9. The molecule has 3 aromatic carbocycles. The second kappa shape index (κ2) is 13.3. The second-order valence-corrected chi connectivity index (χ2v) is 8.53. The zero-order valence-electron chi connectivity index (χ0n) is 20.7. The first-order chi connectivity index (χ1) is 17.0. The topological polar surface area (TPSA) is 76.7 Å². The van der Waals surface area contributed by atoms with Gasteiger partial charge in [-0.25, -0.2) is 0 Å². The van der Waals surface area contributed by atoms with Crippen LogP contribution in [0, 0.1) is 0 Å². The minimum Gasteiger partial charge on any atom is -0.497 e. The molecule has 2 N–H and O–H groups in total. The standard InChI is InChI=1S/C29H34N2O4/c1-21(2)35-18-8-17-30-29(33)27-12-7-6-11-26(27)25-10-5-4-9-23(25)20-31-28(32)19-22-13-15-24(34-3)16-14-22/h4-7,9-16,21H,8,17-20H2,1-3H3,(H,30,33)(H,31,32). The van der Waals surface area contributed by atoms with Crippen molar-refractivity contribution >= 4 is 11.8 Å². The van der Waals surface area contributed by atoms with Crippen molar-refractivity contribution in [2.75, 3.05) is 20.3 Å². The van der Waals surface area contributed by atoms with Crippen molar-refractivity contribution in [2.45, 2.75) is 39.3 Å². The molecule has 0 unspecified atom stereocenters. The van der Waals surface area contributed by atoms with Crippen molar-refractivity contribution < 1.29 is 19.1 Å². The predicted octanol–water partition coefficient (Wildman–Crippen LogP) is 4.77. The highest BCUT2D eigenvalue weighted by atomic mass is 16.5. The van der Waals surface area contributed by atoms with E-state index in [1.165, 1.54) is 0 Å². The molecule has 0 saturated carbocycles. The maximum absolute atomic E-state index is 12.9. The number of hydrogen-bond acceptors (Lipinski definition) is 4. The summed E-state index contributed by atoms with van der Waals surface area (Å²) in [6.07, 6.45) is 1.22. The van der Waals surface area contributed by atoms with Gasteiger partial charge in [-0.2, -0.15) is 0 Å². The van der Waals surface area contributed by atoms with Gasteiger partial charge in [-0.3, -0.25) is 9.59 Å². The van der Waals surface area contributed by atoms with Gasteiger partial charge in [-0.15, -0.1) is 0 Å². The van der Waals surface area contributed by atoms with Crippen LogP contribution in [0.15, 0.2) is 72.8 Å². The third kappa shape index (κ3) is 7.97. The highest BCUT2D eigenvalue weighted by Gasteiger charge is 2.15. The predicted molar refractivity (Wildman–Crippen MR) is 138 cm³/mol. The Labute approximate surface area is 207 Å². The Morgan fingerprint density at radius 3 is 2.26 bits per heavy atom. The monoisotopic (exact) mass is 474 g/mol. The first-order valence-electron chi connectivity index (χ1n) is 11.9. The van der Waals surface area contributed by atoms with Crippen LogP contribution in [0.3, 0.4) is 0 Å². The summed E-state index contributed by atoms with van der Waals surface area (Å²) in [5, 5.41) is 6.00. The summed E-state index contributed by atoms with van der Waals surface area (Å²) >= 11 is 0. The molecule has 0 spiro atoms. The fourth-order valence-electron chi connectivity index (χ4n) is 3.73. The largest absolute Gasteiger partial charge is 0.497 e. The highest BCUT2D eigenvalue weighted by molar-refractivity contribution is 6.01. The molecule has 0 atom stereocenters. The van der Waals surface area contributed by atoms with E-state index in [-0.39, 0.29) is 24.3 Å². The van der Waals surface area contributed by atoms with Crippen LogP contribution >= 0.6 is 0 Å². The van der Waals surface area contributed by atoms with Crippen LogP contribution in [0.1, 0.15) is 41.8 Å². The number of carbonyl (C=O) groups excluding carboxylic acids is 2. The fraction of sp³-hybridized carbons (Fsp3) is 0.310. The first kappa shape index (κ1) is 26.0. The van der Waals surface area contributed by atoms with Crippen LogP contribution < -0.4 is 15.4 Å². The van der Waals surface area contributed by atoms with Gasteiger partial charge in [0, 0.05) is 25.3 Å². The van der Waals surface area contributed by atoms with E-state index in [4.69, 9.17) is 9.47 Å². The van der Waals surface area contributed by atoms with E-state index in [0.717, 1.165) is 34.4 Å². The molecule has 184 valence electrons. The number of nitrogens with one attached hydrogen (secondary N) is 2. The summed E-state index contributed by atoms with van der Waals surface area (Å²) in [5.74, 6) is 0.567. The van der Waals surface area contributed by atoms with Crippen LogP contribution in [0.4, 0.5) is 0 Å². The Hall–Kier alpha value is -3.64. The zero-order chi connectivity index (χ0) is 25.0. The molecular weight excluding hydrogens is 440 g/mol. The lowest BCUT2D eigenvalue weighted by molar-refractivity contribution is -0.120. The van der Waals surface area contributed by atoms with E-state index in [1.807, 2.05) is 86.6 Å². The summed E-state index contributed by atoms with van der Waals surface area (Å²) in [5.41, 5.74) is 4.22. The van der Waals surface area contributed by atoms with Crippen molar-refractivity contribution in [3.63, 3.8) is 0 Å². The third-order valence-electron chi connectivity index (χ3n) is 5.54. The van der Waals surface area contributed by atoms with Crippen molar-refractivity contribution in [1.82, 2.24) is 10.6 Å². The fourth-order valence-corrected chi connectivity index (χ4v) is 3.73. The maximum Gasteiger partial charge on any atom is 0.251 e. The van der Waals surface area contributed by atoms with Crippen molar-refractivity contribution in [2.24, 2.45) is 0 Å². The molecule has 0 bridgehead atoms. The van der Waals surface area contributed by atoms with E-state index in [0.29, 0.717) is 25.3 Å². The number of carbonyl (C=O) groups is 2. The summed E-state index contributed by atoms with van der Waals surface area (Å²) in [6, 6.07) is 22.8. The molecule has 3 aromatic rings. The molecule has 0 aliphatic rings. The van der Waals surface area contributed by atoms with E-state index in [9.17, 15) is 9.59 Å². The summed E-state index contributed by atoms with van der Waals surface area (Å²) in [7, 11) is 1.61. The molecule has 0 aliphatic heterocycles. The van der Waals surface area contributed by atoms with Gasteiger partial charge in [0.25, 0.3) is 5.91 Å². The van der Waals surface area contributed by atoms with Gasteiger partial charge < -0.3 is 20.1 Å². The lowest BCUT2D eigenvalue weighted by Crippen LogP contribution is -2.26.